The van der Waals surface area contributed by atoms with Crippen molar-refractivity contribution in [1.29, 1.82) is 0 Å². The van der Waals surface area contributed by atoms with Gasteiger partial charge in [-0.05, 0) is 31.2 Å². The van der Waals surface area contributed by atoms with Gasteiger partial charge in [0.1, 0.15) is 17.2 Å². The number of hydrogen-bond acceptors (Lipinski definition) is 5. The van der Waals surface area contributed by atoms with Crippen LogP contribution in [-0.2, 0) is 6.54 Å². The van der Waals surface area contributed by atoms with Crippen molar-refractivity contribution in [3.05, 3.63) is 57.5 Å². The van der Waals surface area contributed by atoms with Crippen LogP contribution in [0.1, 0.15) is 21.9 Å². The number of benzene rings is 1. The normalized spacial score (nSPS) is 10.4. The summed E-state index contributed by atoms with van der Waals surface area (Å²) in [5.41, 5.74) is 0.632. The number of anilines is 1. The van der Waals surface area contributed by atoms with Crippen molar-refractivity contribution in [3.63, 3.8) is 0 Å². The smallest absolute Gasteiger partial charge is 0.293 e. The Morgan fingerprint density at radius 1 is 1.22 bits per heavy atom. The summed E-state index contributed by atoms with van der Waals surface area (Å²) in [6, 6.07) is 8.10. The minimum absolute atomic E-state index is 0.0944. The van der Waals surface area contributed by atoms with E-state index in [1.807, 2.05) is 13.0 Å². The van der Waals surface area contributed by atoms with Crippen LogP contribution >= 0.6 is 0 Å². The van der Waals surface area contributed by atoms with Crippen molar-refractivity contribution in [2.75, 3.05) is 26.0 Å². The van der Waals surface area contributed by atoms with E-state index in [9.17, 15) is 14.9 Å². The van der Waals surface area contributed by atoms with Gasteiger partial charge >= 0.3 is 0 Å². The Kier molecular flexibility index (Phi) is 4.68. The number of furan rings is 1. The molecular weight excluding hydrogens is 298 g/mol. The van der Waals surface area contributed by atoms with Gasteiger partial charge in [-0.25, -0.2) is 0 Å². The van der Waals surface area contributed by atoms with Crippen LogP contribution < -0.4 is 4.90 Å². The van der Waals surface area contributed by atoms with Gasteiger partial charge in [-0.2, -0.15) is 0 Å². The molecule has 1 amide bonds. The molecule has 0 saturated heterocycles. The molecule has 0 spiro atoms. The lowest BCUT2D eigenvalue weighted by molar-refractivity contribution is -0.384. The number of carbonyl (C=O) groups is 1. The van der Waals surface area contributed by atoms with Crippen molar-refractivity contribution in [3.8, 4) is 0 Å². The molecule has 0 unspecified atom stereocenters. The summed E-state index contributed by atoms with van der Waals surface area (Å²) in [5, 5.41) is 11.2. The van der Waals surface area contributed by atoms with Crippen LogP contribution in [0.25, 0.3) is 0 Å². The second-order valence-corrected chi connectivity index (χ2v) is 5.53. The lowest BCUT2D eigenvalue weighted by atomic mass is 10.1. The number of hydrogen-bond donors (Lipinski definition) is 0. The van der Waals surface area contributed by atoms with Gasteiger partial charge in [0.2, 0.25) is 0 Å². The van der Waals surface area contributed by atoms with Gasteiger partial charge in [0.25, 0.3) is 11.6 Å². The van der Waals surface area contributed by atoms with Crippen LogP contribution in [0.5, 0.6) is 0 Å². The van der Waals surface area contributed by atoms with Crippen LogP contribution in [0, 0.1) is 17.0 Å². The largest absolute Gasteiger partial charge is 0.464 e. The fourth-order valence-electron chi connectivity index (χ4n) is 2.28. The monoisotopic (exact) mass is 317 g/mol. The highest BCUT2D eigenvalue weighted by Gasteiger charge is 2.21. The predicted molar refractivity (Wildman–Crippen MR) is 86.7 cm³/mol. The second kappa shape index (κ2) is 6.51. The first kappa shape index (κ1) is 16.5. The summed E-state index contributed by atoms with van der Waals surface area (Å²) >= 11 is 0. The SMILES string of the molecule is Cc1ccc(CN(C)C(=O)c2ccc(N(C)C)c([N+](=O)[O-])c2)o1. The Morgan fingerprint density at radius 3 is 2.43 bits per heavy atom. The van der Waals surface area contributed by atoms with E-state index in [4.69, 9.17) is 4.42 Å². The average Bonchev–Trinajstić information content (AvgIpc) is 2.90. The highest BCUT2D eigenvalue weighted by atomic mass is 16.6. The lowest BCUT2D eigenvalue weighted by Gasteiger charge is -2.17. The van der Waals surface area contributed by atoms with E-state index in [0.717, 1.165) is 5.76 Å². The van der Waals surface area contributed by atoms with E-state index in [2.05, 4.69) is 0 Å². The minimum Gasteiger partial charge on any atom is -0.464 e. The zero-order valence-corrected chi connectivity index (χ0v) is 13.6. The molecule has 2 aromatic rings. The zero-order valence-electron chi connectivity index (χ0n) is 13.6. The van der Waals surface area contributed by atoms with Crippen LogP contribution in [0.15, 0.2) is 34.7 Å². The molecule has 0 saturated carbocycles. The summed E-state index contributed by atoms with van der Waals surface area (Å²) in [5.74, 6) is 1.14. The molecule has 0 radical (unpaired) electrons. The van der Waals surface area contributed by atoms with Crippen LogP contribution in [0.2, 0.25) is 0 Å². The lowest BCUT2D eigenvalue weighted by Crippen LogP contribution is -2.26. The first-order valence-corrected chi connectivity index (χ1v) is 7.06. The van der Waals surface area contributed by atoms with Gasteiger partial charge in [0.05, 0.1) is 11.5 Å². The molecule has 2 rings (SSSR count). The molecule has 0 aliphatic rings. The van der Waals surface area contributed by atoms with Gasteiger partial charge in [-0.15, -0.1) is 0 Å². The highest BCUT2D eigenvalue weighted by molar-refractivity contribution is 5.95. The molecule has 0 N–H and O–H groups in total. The number of amides is 1. The maximum atomic E-state index is 12.5. The average molecular weight is 317 g/mol. The van der Waals surface area contributed by atoms with Crippen molar-refractivity contribution < 1.29 is 14.1 Å². The number of rotatable bonds is 5. The van der Waals surface area contributed by atoms with E-state index >= 15 is 0 Å². The summed E-state index contributed by atoms with van der Waals surface area (Å²) in [6.07, 6.45) is 0. The third-order valence-corrected chi connectivity index (χ3v) is 3.44. The molecule has 0 bridgehead atoms. The molecule has 7 nitrogen and oxygen atoms in total. The van der Waals surface area contributed by atoms with Gasteiger partial charge in [0, 0.05) is 32.8 Å². The first-order valence-electron chi connectivity index (χ1n) is 7.06. The van der Waals surface area contributed by atoms with Crippen molar-refractivity contribution in [2.24, 2.45) is 0 Å². The van der Waals surface area contributed by atoms with E-state index in [0.29, 0.717) is 18.0 Å². The standard InChI is InChI=1S/C16H19N3O4/c1-11-5-7-13(23-11)10-18(4)16(20)12-6-8-14(17(2)3)15(9-12)19(21)22/h5-9H,10H2,1-4H3. The molecule has 0 aliphatic carbocycles. The van der Waals surface area contributed by atoms with Crippen molar-refractivity contribution >= 4 is 17.3 Å². The fraction of sp³-hybridized carbons (Fsp3) is 0.312. The first-order chi connectivity index (χ1) is 10.8. The molecule has 1 heterocycles. The number of aryl methyl sites for hydroxylation is 1. The topological polar surface area (TPSA) is 79.8 Å². The third kappa shape index (κ3) is 3.68. The maximum Gasteiger partial charge on any atom is 0.293 e. The molecule has 1 aromatic heterocycles. The quantitative estimate of drug-likeness (QED) is 0.626. The maximum absolute atomic E-state index is 12.5. The second-order valence-electron chi connectivity index (χ2n) is 5.53. The van der Waals surface area contributed by atoms with Crippen molar-refractivity contribution in [1.82, 2.24) is 4.90 Å². The minimum atomic E-state index is -0.484. The van der Waals surface area contributed by atoms with E-state index in [1.54, 1.807) is 44.2 Å². The molecule has 122 valence electrons. The summed E-state index contributed by atoms with van der Waals surface area (Å²) in [7, 11) is 5.07. The van der Waals surface area contributed by atoms with Crippen molar-refractivity contribution in [2.45, 2.75) is 13.5 Å². The van der Waals surface area contributed by atoms with Crippen LogP contribution in [0.4, 0.5) is 11.4 Å². The Hall–Kier alpha value is -2.83. The third-order valence-electron chi connectivity index (χ3n) is 3.44. The molecule has 0 aliphatic heterocycles. The summed E-state index contributed by atoms with van der Waals surface area (Å²) in [6.45, 7) is 2.13. The van der Waals surface area contributed by atoms with Gasteiger partial charge < -0.3 is 14.2 Å². The fourth-order valence-corrected chi connectivity index (χ4v) is 2.28. The van der Waals surface area contributed by atoms with E-state index < -0.39 is 4.92 Å². The summed E-state index contributed by atoms with van der Waals surface area (Å²) in [4.78, 5) is 26.3. The molecular formula is C16H19N3O4. The van der Waals surface area contributed by atoms with Gasteiger partial charge in [-0.3, -0.25) is 14.9 Å². The van der Waals surface area contributed by atoms with E-state index in [-0.39, 0.29) is 17.2 Å². The number of carbonyl (C=O) groups excluding carboxylic acids is 1. The summed E-state index contributed by atoms with van der Waals surface area (Å²) < 4.78 is 5.44. The zero-order chi connectivity index (χ0) is 17.1. The Morgan fingerprint density at radius 2 is 1.91 bits per heavy atom. The Labute approximate surface area is 134 Å². The Balaban J connectivity index is 2.24. The Bertz CT molecular complexity index is 737. The van der Waals surface area contributed by atoms with Crippen LogP contribution in [-0.4, -0.2) is 36.9 Å². The number of nitro groups is 1. The van der Waals surface area contributed by atoms with E-state index in [1.165, 1.54) is 11.0 Å². The molecule has 0 atom stereocenters. The molecule has 7 heteroatoms. The highest BCUT2D eigenvalue weighted by Crippen LogP contribution is 2.28. The molecule has 23 heavy (non-hydrogen) atoms. The number of nitrogens with zero attached hydrogens (tertiary/aromatic N) is 3. The van der Waals surface area contributed by atoms with Crippen LogP contribution in [0.3, 0.4) is 0 Å². The molecule has 1 aromatic carbocycles. The molecule has 0 fully saturated rings. The predicted octanol–water partition coefficient (Wildman–Crippen LogP) is 2.83. The number of nitro benzene ring substituents is 1. The van der Waals surface area contributed by atoms with Gasteiger partial charge in [-0.1, -0.05) is 0 Å². The van der Waals surface area contributed by atoms with Gasteiger partial charge in [0.15, 0.2) is 0 Å².